The minimum absolute atomic E-state index is 0.0331. The molecular weight excluding hydrogens is 354 g/mol. The molecule has 0 aliphatic carbocycles. The molecule has 148 valence electrons. The number of anilines is 1. The standard InChI is InChI=1S/C22H27N3O3/c1-2-28-21(26)19-10-6-7-11-20(19)24-14-16-25(17-15-24)22(27)23-13-12-18-8-4-3-5-9-18/h3-11H,2,12-17H2,1H3,(H,23,27). The highest BCUT2D eigenvalue weighted by molar-refractivity contribution is 5.96. The van der Waals surface area contributed by atoms with Crippen molar-refractivity contribution >= 4 is 17.7 Å². The molecule has 0 unspecified atom stereocenters. The summed E-state index contributed by atoms with van der Waals surface area (Å²) in [6.45, 7) is 5.38. The second kappa shape index (κ2) is 9.78. The van der Waals surface area contributed by atoms with Crippen LogP contribution in [-0.2, 0) is 11.2 Å². The number of rotatable bonds is 6. The van der Waals surface area contributed by atoms with Crippen LogP contribution in [0.1, 0.15) is 22.8 Å². The van der Waals surface area contributed by atoms with Crippen LogP contribution in [-0.4, -0.2) is 56.2 Å². The molecule has 1 saturated heterocycles. The number of para-hydroxylation sites is 1. The lowest BCUT2D eigenvalue weighted by Crippen LogP contribution is -2.52. The third-order valence-electron chi connectivity index (χ3n) is 4.84. The second-order valence-electron chi connectivity index (χ2n) is 6.68. The van der Waals surface area contributed by atoms with Gasteiger partial charge in [0.25, 0.3) is 0 Å². The van der Waals surface area contributed by atoms with Gasteiger partial charge in [0.1, 0.15) is 0 Å². The summed E-state index contributed by atoms with van der Waals surface area (Å²) in [4.78, 5) is 28.6. The minimum atomic E-state index is -0.306. The van der Waals surface area contributed by atoms with E-state index in [-0.39, 0.29) is 12.0 Å². The molecule has 6 nitrogen and oxygen atoms in total. The SMILES string of the molecule is CCOC(=O)c1ccccc1N1CCN(C(=O)NCCc2ccccc2)CC1. The molecule has 1 heterocycles. The quantitative estimate of drug-likeness (QED) is 0.782. The number of carbonyl (C=O) groups excluding carboxylic acids is 2. The van der Waals surface area contributed by atoms with E-state index in [0.29, 0.717) is 44.9 Å². The first kappa shape index (κ1) is 19.7. The van der Waals surface area contributed by atoms with Gasteiger partial charge in [0.15, 0.2) is 0 Å². The molecule has 1 aliphatic rings. The van der Waals surface area contributed by atoms with E-state index in [1.807, 2.05) is 41.3 Å². The number of esters is 1. The summed E-state index contributed by atoms with van der Waals surface area (Å²) in [5, 5.41) is 3.00. The van der Waals surface area contributed by atoms with Crippen molar-refractivity contribution in [2.45, 2.75) is 13.3 Å². The number of carbonyl (C=O) groups is 2. The molecule has 2 aromatic carbocycles. The first-order chi connectivity index (χ1) is 13.7. The van der Waals surface area contributed by atoms with Crippen LogP contribution in [0.2, 0.25) is 0 Å². The summed E-state index contributed by atoms with van der Waals surface area (Å²) in [7, 11) is 0. The zero-order valence-electron chi connectivity index (χ0n) is 16.3. The average Bonchev–Trinajstić information content (AvgIpc) is 2.75. The van der Waals surface area contributed by atoms with Gasteiger partial charge >= 0.3 is 12.0 Å². The van der Waals surface area contributed by atoms with E-state index in [9.17, 15) is 9.59 Å². The third kappa shape index (κ3) is 5.03. The maximum absolute atomic E-state index is 12.4. The number of hydrogen-bond acceptors (Lipinski definition) is 4. The zero-order chi connectivity index (χ0) is 19.8. The van der Waals surface area contributed by atoms with Gasteiger partial charge in [-0.3, -0.25) is 0 Å². The molecule has 0 atom stereocenters. The summed E-state index contributed by atoms with van der Waals surface area (Å²) in [5.74, 6) is -0.306. The van der Waals surface area contributed by atoms with Gasteiger partial charge in [-0.25, -0.2) is 9.59 Å². The molecule has 0 spiro atoms. The Bertz CT molecular complexity index is 787. The van der Waals surface area contributed by atoms with Crippen molar-refractivity contribution in [2.75, 3.05) is 44.2 Å². The molecule has 0 saturated carbocycles. The van der Waals surface area contributed by atoms with Crippen molar-refractivity contribution < 1.29 is 14.3 Å². The Balaban J connectivity index is 1.50. The second-order valence-corrected chi connectivity index (χ2v) is 6.68. The fourth-order valence-corrected chi connectivity index (χ4v) is 3.35. The number of nitrogens with one attached hydrogen (secondary N) is 1. The van der Waals surface area contributed by atoms with Crippen LogP contribution in [0.4, 0.5) is 10.5 Å². The first-order valence-corrected chi connectivity index (χ1v) is 9.77. The Morgan fingerprint density at radius 1 is 0.964 bits per heavy atom. The van der Waals surface area contributed by atoms with Crippen LogP contribution < -0.4 is 10.2 Å². The average molecular weight is 381 g/mol. The van der Waals surface area contributed by atoms with E-state index >= 15 is 0 Å². The van der Waals surface area contributed by atoms with Crippen LogP contribution in [0.15, 0.2) is 54.6 Å². The number of hydrogen-bond donors (Lipinski definition) is 1. The van der Waals surface area contributed by atoms with E-state index in [1.54, 1.807) is 13.0 Å². The molecule has 1 N–H and O–H groups in total. The van der Waals surface area contributed by atoms with E-state index in [0.717, 1.165) is 12.1 Å². The molecule has 0 bridgehead atoms. The summed E-state index contributed by atoms with van der Waals surface area (Å²) in [6.07, 6.45) is 0.819. The molecular formula is C22H27N3O3. The van der Waals surface area contributed by atoms with Gasteiger partial charge < -0.3 is 19.9 Å². The number of nitrogens with zero attached hydrogens (tertiary/aromatic N) is 2. The number of benzene rings is 2. The molecule has 2 aromatic rings. The van der Waals surface area contributed by atoms with Gasteiger partial charge in [-0.05, 0) is 31.0 Å². The molecule has 3 rings (SSSR count). The van der Waals surface area contributed by atoms with Gasteiger partial charge in [0.2, 0.25) is 0 Å². The third-order valence-corrected chi connectivity index (χ3v) is 4.84. The lowest BCUT2D eigenvalue weighted by Gasteiger charge is -2.36. The lowest BCUT2D eigenvalue weighted by atomic mass is 10.1. The van der Waals surface area contributed by atoms with Crippen molar-refractivity contribution in [1.29, 1.82) is 0 Å². The minimum Gasteiger partial charge on any atom is -0.462 e. The topological polar surface area (TPSA) is 61.9 Å². The molecule has 2 amide bonds. The number of piperazine rings is 1. The Morgan fingerprint density at radius 3 is 2.36 bits per heavy atom. The molecule has 0 aromatic heterocycles. The molecule has 28 heavy (non-hydrogen) atoms. The van der Waals surface area contributed by atoms with E-state index < -0.39 is 0 Å². The maximum Gasteiger partial charge on any atom is 0.340 e. The largest absolute Gasteiger partial charge is 0.462 e. The summed E-state index contributed by atoms with van der Waals surface area (Å²) < 4.78 is 5.16. The van der Waals surface area contributed by atoms with Crippen molar-refractivity contribution in [3.05, 3.63) is 65.7 Å². The predicted octanol–water partition coefficient (Wildman–Crippen LogP) is 2.94. The number of urea groups is 1. The van der Waals surface area contributed by atoms with Gasteiger partial charge in [0.05, 0.1) is 17.9 Å². The van der Waals surface area contributed by atoms with Crippen LogP contribution >= 0.6 is 0 Å². The monoisotopic (exact) mass is 381 g/mol. The Kier molecular flexibility index (Phi) is 6.89. The number of ether oxygens (including phenoxy) is 1. The normalized spacial score (nSPS) is 13.9. The van der Waals surface area contributed by atoms with Crippen LogP contribution in [0.3, 0.4) is 0 Å². The van der Waals surface area contributed by atoms with E-state index in [1.165, 1.54) is 5.56 Å². The van der Waals surface area contributed by atoms with E-state index in [4.69, 9.17) is 4.74 Å². The fourth-order valence-electron chi connectivity index (χ4n) is 3.35. The highest BCUT2D eigenvalue weighted by Gasteiger charge is 2.24. The summed E-state index contributed by atoms with van der Waals surface area (Å²) in [6, 6.07) is 17.6. The Labute approximate surface area is 166 Å². The predicted molar refractivity (Wildman–Crippen MR) is 110 cm³/mol. The summed E-state index contributed by atoms with van der Waals surface area (Å²) in [5.41, 5.74) is 2.65. The fraction of sp³-hybridized carbons (Fsp3) is 0.364. The highest BCUT2D eigenvalue weighted by atomic mass is 16.5. The molecule has 1 aliphatic heterocycles. The first-order valence-electron chi connectivity index (χ1n) is 9.77. The van der Waals surface area contributed by atoms with Crippen molar-refractivity contribution in [2.24, 2.45) is 0 Å². The van der Waals surface area contributed by atoms with Gasteiger partial charge in [-0.15, -0.1) is 0 Å². The van der Waals surface area contributed by atoms with Crippen molar-refractivity contribution in [3.8, 4) is 0 Å². The van der Waals surface area contributed by atoms with Gasteiger partial charge in [-0.2, -0.15) is 0 Å². The Hall–Kier alpha value is -3.02. The van der Waals surface area contributed by atoms with E-state index in [2.05, 4.69) is 22.3 Å². The zero-order valence-corrected chi connectivity index (χ0v) is 16.3. The highest BCUT2D eigenvalue weighted by Crippen LogP contribution is 2.22. The molecule has 0 radical (unpaired) electrons. The lowest BCUT2D eigenvalue weighted by molar-refractivity contribution is 0.0527. The van der Waals surface area contributed by atoms with Gasteiger partial charge in [0, 0.05) is 32.7 Å². The molecule has 1 fully saturated rings. The molecule has 6 heteroatoms. The van der Waals surface area contributed by atoms with Crippen molar-refractivity contribution in [1.82, 2.24) is 10.2 Å². The maximum atomic E-state index is 12.4. The van der Waals surface area contributed by atoms with Crippen LogP contribution in [0.25, 0.3) is 0 Å². The van der Waals surface area contributed by atoms with Crippen LogP contribution in [0.5, 0.6) is 0 Å². The smallest absolute Gasteiger partial charge is 0.340 e. The van der Waals surface area contributed by atoms with Gasteiger partial charge in [-0.1, -0.05) is 42.5 Å². The number of amides is 2. The van der Waals surface area contributed by atoms with Crippen molar-refractivity contribution in [3.63, 3.8) is 0 Å². The van der Waals surface area contributed by atoms with Crippen LogP contribution in [0, 0.1) is 0 Å². The Morgan fingerprint density at radius 2 is 1.64 bits per heavy atom. The summed E-state index contributed by atoms with van der Waals surface area (Å²) >= 11 is 0.